The van der Waals surface area contributed by atoms with Gasteiger partial charge in [-0.2, -0.15) is 0 Å². The normalized spacial score (nSPS) is 14.4. The smallest absolute Gasteiger partial charge is 0.335 e. The fourth-order valence-electron chi connectivity index (χ4n) is 3.82. The molecule has 1 aliphatic heterocycles. The van der Waals surface area contributed by atoms with E-state index >= 15 is 0 Å². The number of carbonyl (C=O) groups is 3. The molecule has 0 radical (unpaired) electrons. The lowest BCUT2D eigenvalue weighted by Crippen LogP contribution is -2.54. The van der Waals surface area contributed by atoms with Crippen LogP contribution in [-0.2, 0) is 16.2 Å². The molecule has 0 aromatic heterocycles. The monoisotopic (exact) mass is 657 g/mol. The van der Waals surface area contributed by atoms with E-state index in [2.05, 4.69) is 37.2 Å². The number of nitrogens with one attached hydrogen (secondary N) is 1. The lowest BCUT2D eigenvalue weighted by molar-refractivity contribution is -0.384. The number of barbiturate groups is 1. The minimum Gasteiger partial charge on any atom is -0.490 e. The van der Waals surface area contributed by atoms with Crippen molar-refractivity contribution in [3.05, 3.63) is 95.9 Å². The molecule has 0 aliphatic carbocycles. The molecule has 3 aromatic rings. The van der Waals surface area contributed by atoms with Crippen LogP contribution in [0.3, 0.4) is 0 Å². The summed E-state index contributed by atoms with van der Waals surface area (Å²) >= 11 is 6.84. The molecule has 4 rings (SSSR count). The Balaban J connectivity index is 1.65. The van der Waals surface area contributed by atoms with Crippen LogP contribution in [0.5, 0.6) is 11.5 Å². The molecule has 1 heterocycles. The van der Waals surface area contributed by atoms with E-state index in [0.29, 0.717) is 39.4 Å². The van der Waals surface area contributed by atoms with E-state index in [0.717, 1.165) is 14.9 Å². The van der Waals surface area contributed by atoms with Crippen LogP contribution in [-0.4, -0.2) is 29.4 Å². The maximum atomic E-state index is 13.3. The predicted octanol–water partition coefficient (Wildman–Crippen LogP) is 6.07. The molecule has 1 saturated heterocycles. The molecular weight excluding hydrogens is 638 g/mol. The first kappa shape index (κ1) is 28.0. The summed E-state index contributed by atoms with van der Waals surface area (Å²) in [6.07, 6.45) is 1.36. The van der Waals surface area contributed by atoms with Crippen molar-refractivity contribution >= 4 is 67.2 Å². The number of halogens is 2. The number of hydrogen-bond acceptors (Lipinski definition) is 7. The van der Waals surface area contributed by atoms with Crippen LogP contribution in [0, 0.1) is 17.0 Å². The van der Waals surface area contributed by atoms with Crippen molar-refractivity contribution in [2.24, 2.45) is 0 Å². The molecule has 0 unspecified atom stereocenters. The highest BCUT2D eigenvalue weighted by molar-refractivity contribution is 9.10. The third-order valence-electron chi connectivity index (χ3n) is 5.65. The van der Waals surface area contributed by atoms with Gasteiger partial charge in [-0.3, -0.25) is 25.0 Å². The first-order valence-corrected chi connectivity index (χ1v) is 13.2. The van der Waals surface area contributed by atoms with Crippen molar-refractivity contribution in [1.29, 1.82) is 0 Å². The number of rotatable bonds is 8. The molecule has 0 atom stereocenters. The first-order chi connectivity index (χ1) is 18.6. The maximum absolute atomic E-state index is 13.3. The van der Waals surface area contributed by atoms with Crippen molar-refractivity contribution in [1.82, 2.24) is 5.32 Å². The average Bonchev–Trinajstić information content (AvgIpc) is 2.88. The molecule has 0 spiro atoms. The Bertz CT molecular complexity index is 1540. The Morgan fingerprint density at radius 1 is 1.03 bits per heavy atom. The van der Waals surface area contributed by atoms with E-state index < -0.39 is 22.8 Å². The largest absolute Gasteiger partial charge is 0.490 e. The number of amides is 4. The van der Waals surface area contributed by atoms with E-state index in [1.54, 1.807) is 49.4 Å². The fraction of sp³-hybridized carbons (Fsp3) is 0.148. The van der Waals surface area contributed by atoms with E-state index in [-0.39, 0.29) is 17.9 Å². The van der Waals surface area contributed by atoms with Crippen LogP contribution in [0.1, 0.15) is 23.6 Å². The van der Waals surface area contributed by atoms with Gasteiger partial charge in [-0.25, -0.2) is 9.69 Å². The summed E-state index contributed by atoms with van der Waals surface area (Å²) < 4.78 is 12.9. The molecular formula is C27H21Br2N3O7. The lowest BCUT2D eigenvalue weighted by Gasteiger charge is -2.26. The summed E-state index contributed by atoms with van der Waals surface area (Å²) in [7, 11) is 0. The second-order valence-electron chi connectivity index (χ2n) is 8.37. The van der Waals surface area contributed by atoms with Crippen LogP contribution in [0.25, 0.3) is 6.08 Å². The zero-order valence-corrected chi connectivity index (χ0v) is 23.9. The number of hydrogen-bond donors (Lipinski definition) is 1. The van der Waals surface area contributed by atoms with Gasteiger partial charge in [0.15, 0.2) is 11.5 Å². The third kappa shape index (κ3) is 6.18. The molecule has 4 amide bonds. The van der Waals surface area contributed by atoms with E-state index in [9.17, 15) is 24.5 Å². The zero-order valence-electron chi connectivity index (χ0n) is 20.7. The molecule has 1 N–H and O–H groups in total. The summed E-state index contributed by atoms with van der Waals surface area (Å²) in [5.41, 5.74) is 1.85. The predicted molar refractivity (Wildman–Crippen MR) is 151 cm³/mol. The average molecular weight is 659 g/mol. The van der Waals surface area contributed by atoms with E-state index in [1.807, 2.05) is 6.92 Å². The number of ether oxygens (including phenoxy) is 2. The summed E-state index contributed by atoms with van der Waals surface area (Å²) in [5.74, 6) is -0.933. The van der Waals surface area contributed by atoms with Crippen molar-refractivity contribution in [3.63, 3.8) is 0 Å². The molecule has 0 bridgehead atoms. The van der Waals surface area contributed by atoms with Gasteiger partial charge in [-0.05, 0) is 82.9 Å². The van der Waals surface area contributed by atoms with Crippen molar-refractivity contribution in [2.75, 3.05) is 11.5 Å². The number of non-ortho nitro benzene ring substituents is 1. The number of carbonyl (C=O) groups excluding carboxylic acids is 3. The van der Waals surface area contributed by atoms with E-state index in [4.69, 9.17) is 9.47 Å². The van der Waals surface area contributed by atoms with Crippen LogP contribution in [0.15, 0.2) is 69.1 Å². The Morgan fingerprint density at radius 3 is 2.49 bits per heavy atom. The molecule has 10 nitrogen and oxygen atoms in total. The van der Waals surface area contributed by atoms with Gasteiger partial charge in [0, 0.05) is 16.6 Å². The first-order valence-electron chi connectivity index (χ1n) is 11.6. The van der Waals surface area contributed by atoms with Gasteiger partial charge < -0.3 is 9.47 Å². The molecule has 3 aromatic carbocycles. The number of aryl methyl sites for hydroxylation is 1. The van der Waals surface area contributed by atoms with Crippen LogP contribution in [0.4, 0.5) is 16.2 Å². The molecule has 0 saturated carbocycles. The molecule has 1 fully saturated rings. The van der Waals surface area contributed by atoms with Crippen molar-refractivity contribution in [3.8, 4) is 11.5 Å². The number of urea groups is 1. The van der Waals surface area contributed by atoms with Crippen LogP contribution in [0.2, 0.25) is 0 Å². The minimum absolute atomic E-state index is 0.0331. The highest BCUT2D eigenvalue weighted by Crippen LogP contribution is 2.38. The molecule has 200 valence electrons. The number of nitrogens with zero attached hydrogens (tertiary/aromatic N) is 2. The molecule has 12 heteroatoms. The Hall–Kier alpha value is -4.03. The van der Waals surface area contributed by atoms with Gasteiger partial charge in [0.05, 0.1) is 21.7 Å². The van der Waals surface area contributed by atoms with Gasteiger partial charge in [0.1, 0.15) is 12.2 Å². The topological polar surface area (TPSA) is 128 Å². The number of anilines is 1. The number of imide groups is 2. The highest BCUT2D eigenvalue weighted by atomic mass is 79.9. The lowest BCUT2D eigenvalue weighted by atomic mass is 10.1. The van der Waals surface area contributed by atoms with Gasteiger partial charge in [0.25, 0.3) is 17.5 Å². The molecule has 1 aliphatic rings. The zero-order chi connectivity index (χ0) is 28.3. The van der Waals surface area contributed by atoms with Gasteiger partial charge in [-0.15, -0.1) is 0 Å². The summed E-state index contributed by atoms with van der Waals surface area (Å²) in [6, 6.07) is 13.4. The Morgan fingerprint density at radius 2 is 1.79 bits per heavy atom. The van der Waals surface area contributed by atoms with Gasteiger partial charge in [-0.1, -0.05) is 28.1 Å². The Kier molecular flexibility index (Phi) is 8.46. The van der Waals surface area contributed by atoms with Crippen molar-refractivity contribution in [2.45, 2.75) is 20.5 Å². The standard InChI is InChI=1S/C27H21Br2N3O7/c1-3-38-23-13-17(12-22(29)24(23)39-14-16-5-4-6-19(10-16)32(36)37)11-20-25(33)30-27(35)31(26(20)34)18-7-8-21(28)15(2)9-18/h4-13H,3,14H2,1-2H3,(H,30,33,35)/b20-11+. The van der Waals surface area contributed by atoms with Crippen molar-refractivity contribution < 1.29 is 28.8 Å². The molecule has 39 heavy (non-hydrogen) atoms. The highest BCUT2D eigenvalue weighted by Gasteiger charge is 2.37. The van der Waals surface area contributed by atoms with Crippen LogP contribution >= 0.6 is 31.9 Å². The quantitative estimate of drug-likeness (QED) is 0.135. The second kappa shape index (κ2) is 11.8. The number of benzene rings is 3. The third-order valence-corrected chi connectivity index (χ3v) is 7.13. The SMILES string of the molecule is CCOc1cc(/C=C2\C(=O)NC(=O)N(c3ccc(Br)c(C)c3)C2=O)cc(Br)c1OCc1cccc([N+](=O)[O-])c1. The maximum Gasteiger partial charge on any atom is 0.335 e. The van der Waals surface area contributed by atoms with Gasteiger partial charge in [0.2, 0.25) is 0 Å². The minimum atomic E-state index is -0.843. The van der Waals surface area contributed by atoms with E-state index in [1.165, 1.54) is 18.2 Å². The second-order valence-corrected chi connectivity index (χ2v) is 10.1. The Labute approximate surface area is 240 Å². The van der Waals surface area contributed by atoms with Gasteiger partial charge >= 0.3 is 6.03 Å². The number of nitro groups is 1. The fourth-order valence-corrected chi connectivity index (χ4v) is 4.64. The number of nitro benzene ring substituents is 1. The summed E-state index contributed by atoms with van der Waals surface area (Å²) in [5, 5.41) is 13.3. The van der Waals surface area contributed by atoms with Crippen LogP contribution < -0.4 is 19.7 Å². The summed E-state index contributed by atoms with van der Waals surface area (Å²) in [6.45, 7) is 3.93. The summed E-state index contributed by atoms with van der Waals surface area (Å²) in [4.78, 5) is 50.0.